The van der Waals surface area contributed by atoms with E-state index in [-0.39, 0.29) is 0 Å². The first-order valence-electron chi connectivity index (χ1n) is 5.76. The summed E-state index contributed by atoms with van der Waals surface area (Å²) >= 11 is 0. The molecule has 0 saturated carbocycles. The van der Waals surface area contributed by atoms with E-state index in [1.807, 2.05) is 13.2 Å². The Morgan fingerprint density at radius 1 is 1.31 bits per heavy atom. The Bertz CT molecular complexity index is 347. The Morgan fingerprint density at radius 3 is 2.38 bits per heavy atom. The summed E-state index contributed by atoms with van der Waals surface area (Å²) in [6.07, 6.45) is 1.88. The molecule has 0 fully saturated rings. The number of nitrogens with two attached hydrogens (primary N) is 1. The predicted octanol–water partition coefficient (Wildman–Crippen LogP) is 1.90. The Labute approximate surface area is 97.9 Å². The number of hydrogen-bond acceptors (Lipinski definition) is 4. The number of nitrogens with zero attached hydrogens (tertiary/aromatic N) is 3. The van der Waals surface area contributed by atoms with Crippen LogP contribution in [0.15, 0.2) is 6.20 Å². The summed E-state index contributed by atoms with van der Waals surface area (Å²) in [6, 6.07) is 0.416. The number of aromatic nitrogens is 2. The topological polar surface area (TPSA) is 55.0 Å². The summed E-state index contributed by atoms with van der Waals surface area (Å²) in [4.78, 5) is 11.0. The van der Waals surface area contributed by atoms with Gasteiger partial charge in [-0.15, -0.1) is 0 Å². The zero-order valence-corrected chi connectivity index (χ0v) is 10.9. The minimum atomic E-state index is 0.337. The number of anilines is 1. The molecule has 4 heteroatoms. The van der Waals surface area contributed by atoms with E-state index >= 15 is 0 Å². The van der Waals surface area contributed by atoms with Crippen molar-refractivity contribution in [2.75, 3.05) is 11.9 Å². The molecule has 4 nitrogen and oxygen atoms in total. The molecule has 0 aromatic carbocycles. The average Bonchev–Trinajstić information content (AvgIpc) is 2.26. The quantitative estimate of drug-likeness (QED) is 0.845. The van der Waals surface area contributed by atoms with Gasteiger partial charge in [-0.05, 0) is 13.8 Å². The summed E-state index contributed by atoms with van der Waals surface area (Å²) in [5.74, 6) is 1.20. The highest BCUT2D eigenvalue weighted by atomic mass is 15.1. The molecule has 1 heterocycles. The van der Waals surface area contributed by atoms with Gasteiger partial charge in [-0.3, -0.25) is 0 Å². The van der Waals surface area contributed by atoms with Gasteiger partial charge in [-0.2, -0.15) is 0 Å². The van der Waals surface area contributed by atoms with Gasteiger partial charge < -0.3 is 10.6 Å². The van der Waals surface area contributed by atoms with Gasteiger partial charge in [0.1, 0.15) is 5.82 Å². The highest BCUT2D eigenvalue weighted by Crippen LogP contribution is 2.20. The molecule has 2 N–H and O–H groups in total. The molecule has 0 atom stereocenters. The smallest absolute Gasteiger partial charge is 0.131 e. The summed E-state index contributed by atoms with van der Waals surface area (Å²) in [6.45, 7) is 8.89. The van der Waals surface area contributed by atoms with Crippen molar-refractivity contribution in [3.8, 4) is 0 Å². The fourth-order valence-electron chi connectivity index (χ4n) is 1.43. The van der Waals surface area contributed by atoms with Gasteiger partial charge in [-0.25, -0.2) is 9.97 Å². The third-order valence-electron chi connectivity index (χ3n) is 2.73. The lowest BCUT2D eigenvalue weighted by Gasteiger charge is -2.25. The van der Waals surface area contributed by atoms with Crippen LogP contribution in [0, 0.1) is 0 Å². The first-order valence-corrected chi connectivity index (χ1v) is 5.76. The largest absolute Gasteiger partial charge is 0.369 e. The van der Waals surface area contributed by atoms with E-state index in [1.165, 1.54) is 0 Å². The molecule has 1 aromatic rings. The van der Waals surface area contributed by atoms with Crippen LogP contribution >= 0.6 is 0 Å². The van der Waals surface area contributed by atoms with Crippen LogP contribution in [-0.2, 0) is 6.54 Å². The third kappa shape index (κ3) is 2.70. The summed E-state index contributed by atoms with van der Waals surface area (Å²) < 4.78 is 0. The number of hydrogen-bond donors (Lipinski definition) is 1. The Hall–Kier alpha value is -1.16. The highest BCUT2D eigenvalue weighted by molar-refractivity contribution is 5.49. The lowest BCUT2D eigenvalue weighted by Crippen LogP contribution is -2.28. The van der Waals surface area contributed by atoms with Crippen LogP contribution in [0.4, 0.5) is 5.69 Å². The van der Waals surface area contributed by atoms with E-state index in [2.05, 4.69) is 42.6 Å². The van der Waals surface area contributed by atoms with E-state index < -0.39 is 0 Å². The molecule has 0 amide bonds. The van der Waals surface area contributed by atoms with E-state index in [0.717, 1.165) is 17.2 Å². The molecule has 0 aliphatic carbocycles. The summed E-state index contributed by atoms with van der Waals surface area (Å²) in [5.41, 5.74) is 7.70. The van der Waals surface area contributed by atoms with Crippen LogP contribution in [0.2, 0.25) is 0 Å². The maximum atomic E-state index is 5.74. The fourth-order valence-corrected chi connectivity index (χ4v) is 1.43. The van der Waals surface area contributed by atoms with E-state index in [4.69, 9.17) is 5.73 Å². The standard InChI is InChI=1S/C12H22N4/c1-8(2)12-14-7-11(10(6-13)15-12)16(5)9(3)4/h7-9H,6,13H2,1-5H3. The molecule has 90 valence electrons. The first kappa shape index (κ1) is 12.9. The van der Waals surface area contributed by atoms with Crippen molar-refractivity contribution in [2.45, 2.75) is 46.2 Å². The van der Waals surface area contributed by atoms with E-state index in [0.29, 0.717) is 18.5 Å². The van der Waals surface area contributed by atoms with Crippen molar-refractivity contribution >= 4 is 5.69 Å². The van der Waals surface area contributed by atoms with Gasteiger partial charge in [0.25, 0.3) is 0 Å². The van der Waals surface area contributed by atoms with Crippen molar-refractivity contribution in [1.29, 1.82) is 0 Å². The normalized spacial score (nSPS) is 11.2. The van der Waals surface area contributed by atoms with Gasteiger partial charge in [0.15, 0.2) is 0 Å². The van der Waals surface area contributed by atoms with Crippen molar-refractivity contribution in [1.82, 2.24) is 9.97 Å². The molecular weight excluding hydrogens is 200 g/mol. The van der Waals surface area contributed by atoms with Crippen LogP contribution < -0.4 is 10.6 Å². The molecule has 0 saturated heterocycles. The van der Waals surface area contributed by atoms with Crippen molar-refractivity contribution < 1.29 is 0 Å². The minimum absolute atomic E-state index is 0.337. The zero-order valence-electron chi connectivity index (χ0n) is 10.9. The van der Waals surface area contributed by atoms with Crippen molar-refractivity contribution in [3.63, 3.8) is 0 Å². The Balaban J connectivity index is 3.11. The van der Waals surface area contributed by atoms with Gasteiger partial charge in [0, 0.05) is 25.6 Å². The second kappa shape index (κ2) is 5.25. The van der Waals surface area contributed by atoms with Gasteiger partial charge >= 0.3 is 0 Å². The van der Waals surface area contributed by atoms with Crippen molar-refractivity contribution in [2.24, 2.45) is 5.73 Å². The lowest BCUT2D eigenvalue weighted by atomic mass is 10.2. The molecule has 0 radical (unpaired) electrons. The predicted molar refractivity (Wildman–Crippen MR) is 67.6 cm³/mol. The first-order chi connectivity index (χ1) is 7.47. The van der Waals surface area contributed by atoms with Gasteiger partial charge in [0.05, 0.1) is 17.6 Å². The monoisotopic (exact) mass is 222 g/mol. The summed E-state index contributed by atoms with van der Waals surface area (Å²) in [7, 11) is 2.04. The molecular formula is C12H22N4. The summed E-state index contributed by atoms with van der Waals surface area (Å²) in [5, 5.41) is 0. The molecule has 0 aliphatic heterocycles. The Morgan fingerprint density at radius 2 is 1.94 bits per heavy atom. The average molecular weight is 222 g/mol. The van der Waals surface area contributed by atoms with Crippen molar-refractivity contribution in [3.05, 3.63) is 17.7 Å². The highest BCUT2D eigenvalue weighted by Gasteiger charge is 2.13. The van der Waals surface area contributed by atoms with Crippen LogP contribution in [0.3, 0.4) is 0 Å². The van der Waals surface area contributed by atoms with Crippen LogP contribution in [0.25, 0.3) is 0 Å². The second-order valence-electron chi connectivity index (χ2n) is 4.62. The fraction of sp³-hybridized carbons (Fsp3) is 0.667. The molecule has 1 aromatic heterocycles. The SMILES string of the molecule is CC(C)c1ncc(N(C)C(C)C)c(CN)n1. The molecule has 0 bridgehead atoms. The molecule has 1 rings (SSSR count). The van der Waals surface area contributed by atoms with Crippen LogP contribution in [0.5, 0.6) is 0 Å². The minimum Gasteiger partial charge on any atom is -0.369 e. The van der Waals surface area contributed by atoms with Crippen LogP contribution in [0.1, 0.15) is 45.1 Å². The molecule has 16 heavy (non-hydrogen) atoms. The molecule has 0 aliphatic rings. The number of rotatable bonds is 4. The van der Waals surface area contributed by atoms with Gasteiger partial charge in [0.2, 0.25) is 0 Å². The van der Waals surface area contributed by atoms with Crippen LogP contribution in [-0.4, -0.2) is 23.1 Å². The zero-order chi connectivity index (χ0) is 12.3. The maximum Gasteiger partial charge on any atom is 0.131 e. The van der Waals surface area contributed by atoms with E-state index in [9.17, 15) is 0 Å². The third-order valence-corrected chi connectivity index (χ3v) is 2.73. The molecule has 0 spiro atoms. The molecule has 0 unspecified atom stereocenters. The van der Waals surface area contributed by atoms with E-state index in [1.54, 1.807) is 0 Å². The van der Waals surface area contributed by atoms with Gasteiger partial charge in [-0.1, -0.05) is 13.8 Å². The Kier molecular flexibility index (Phi) is 4.24. The second-order valence-corrected chi connectivity index (χ2v) is 4.62. The maximum absolute atomic E-state index is 5.74. The lowest BCUT2D eigenvalue weighted by molar-refractivity contribution is 0.718.